The molecule has 1 aliphatic heterocycles. The van der Waals surface area contributed by atoms with Gasteiger partial charge < -0.3 is 9.64 Å². The van der Waals surface area contributed by atoms with E-state index in [1.165, 1.54) is 0 Å². The van der Waals surface area contributed by atoms with Crippen LogP contribution in [0.1, 0.15) is 29.8 Å². The van der Waals surface area contributed by atoms with Gasteiger partial charge in [0.2, 0.25) is 0 Å². The topological polar surface area (TPSA) is 29.5 Å². The Bertz CT molecular complexity index is 471. The lowest BCUT2D eigenvalue weighted by Crippen LogP contribution is -2.50. The summed E-state index contributed by atoms with van der Waals surface area (Å²) in [5.41, 5.74) is 1.55. The maximum Gasteiger partial charge on any atom is 0.255 e. The summed E-state index contributed by atoms with van der Waals surface area (Å²) >= 11 is 3.50. The number of morpholine rings is 1. The second kappa shape index (κ2) is 5.02. The third kappa shape index (κ3) is 2.75. The number of hydrogen-bond acceptors (Lipinski definition) is 2. The molecule has 1 aromatic carbocycles. The van der Waals surface area contributed by atoms with E-state index in [1.54, 1.807) is 0 Å². The molecule has 18 heavy (non-hydrogen) atoms. The predicted molar refractivity (Wildman–Crippen MR) is 74.8 cm³/mol. The summed E-state index contributed by atoms with van der Waals surface area (Å²) < 4.78 is 6.52. The van der Waals surface area contributed by atoms with Crippen molar-refractivity contribution in [2.45, 2.75) is 26.4 Å². The molecule has 1 heterocycles. The Morgan fingerprint density at radius 3 is 2.83 bits per heavy atom. The maximum atomic E-state index is 12.5. The lowest BCUT2D eigenvalue weighted by atomic mass is 10.1. The van der Waals surface area contributed by atoms with Crippen LogP contribution < -0.4 is 0 Å². The standard InChI is InChI=1S/C14H18BrNO2/c1-10-5-4-6-11(12(10)15)13(17)16-7-8-18-14(2,3)9-16/h4-6H,7-9H2,1-3H3. The molecule has 3 nitrogen and oxygen atoms in total. The van der Waals surface area contributed by atoms with Gasteiger partial charge in [0, 0.05) is 17.6 Å². The van der Waals surface area contributed by atoms with Crippen molar-refractivity contribution < 1.29 is 9.53 Å². The molecule has 0 unspecified atom stereocenters. The predicted octanol–water partition coefficient (Wildman–Crippen LogP) is 3.01. The molecule has 0 atom stereocenters. The van der Waals surface area contributed by atoms with E-state index < -0.39 is 0 Å². The Labute approximate surface area is 116 Å². The molecular formula is C14H18BrNO2. The van der Waals surface area contributed by atoms with Crippen molar-refractivity contribution in [2.75, 3.05) is 19.7 Å². The zero-order valence-electron chi connectivity index (χ0n) is 11.0. The minimum atomic E-state index is -0.260. The number of nitrogens with zero attached hydrogens (tertiary/aromatic N) is 1. The van der Waals surface area contributed by atoms with Crippen molar-refractivity contribution in [3.05, 3.63) is 33.8 Å². The highest BCUT2D eigenvalue weighted by Gasteiger charge is 2.31. The van der Waals surface area contributed by atoms with E-state index in [-0.39, 0.29) is 11.5 Å². The number of carbonyl (C=O) groups excluding carboxylic acids is 1. The van der Waals surface area contributed by atoms with Crippen LogP contribution in [0.3, 0.4) is 0 Å². The Balaban J connectivity index is 2.23. The summed E-state index contributed by atoms with van der Waals surface area (Å²) in [5.74, 6) is 0.0713. The lowest BCUT2D eigenvalue weighted by Gasteiger charge is -2.38. The van der Waals surface area contributed by atoms with Crippen molar-refractivity contribution >= 4 is 21.8 Å². The fourth-order valence-corrected chi connectivity index (χ4v) is 2.61. The Hall–Kier alpha value is -0.870. The number of benzene rings is 1. The highest BCUT2D eigenvalue weighted by Crippen LogP contribution is 2.24. The van der Waals surface area contributed by atoms with Crippen LogP contribution in [0.25, 0.3) is 0 Å². The van der Waals surface area contributed by atoms with Crippen molar-refractivity contribution in [3.8, 4) is 0 Å². The van der Waals surface area contributed by atoms with Gasteiger partial charge in [-0.1, -0.05) is 12.1 Å². The average Bonchev–Trinajstić information content (AvgIpc) is 2.30. The van der Waals surface area contributed by atoms with Gasteiger partial charge in [0.05, 0.1) is 17.8 Å². The molecule has 0 aliphatic carbocycles. The quantitative estimate of drug-likeness (QED) is 0.798. The lowest BCUT2D eigenvalue weighted by molar-refractivity contribution is -0.0764. The van der Waals surface area contributed by atoms with Crippen LogP contribution >= 0.6 is 15.9 Å². The number of halogens is 1. The van der Waals surface area contributed by atoms with Crippen LogP contribution in [0.15, 0.2) is 22.7 Å². The first-order valence-electron chi connectivity index (χ1n) is 6.09. The minimum Gasteiger partial charge on any atom is -0.372 e. The van der Waals surface area contributed by atoms with Crippen molar-refractivity contribution in [1.82, 2.24) is 4.90 Å². The number of carbonyl (C=O) groups is 1. The Morgan fingerprint density at radius 2 is 2.17 bits per heavy atom. The first-order valence-corrected chi connectivity index (χ1v) is 6.88. The Kier molecular flexibility index (Phi) is 3.78. The molecular weight excluding hydrogens is 294 g/mol. The molecule has 0 saturated carbocycles. The largest absolute Gasteiger partial charge is 0.372 e. The van der Waals surface area contributed by atoms with E-state index in [9.17, 15) is 4.79 Å². The van der Waals surface area contributed by atoms with Crippen molar-refractivity contribution in [3.63, 3.8) is 0 Å². The fraction of sp³-hybridized carbons (Fsp3) is 0.500. The molecule has 2 rings (SSSR count). The van der Waals surface area contributed by atoms with Gasteiger partial charge in [-0.2, -0.15) is 0 Å². The van der Waals surface area contributed by atoms with Crippen LogP contribution in [0, 0.1) is 6.92 Å². The van der Waals surface area contributed by atoms with E-state index in [4.69, 9.17) is 4.74 Å². The molecule has 1 saturated heterocycles. The van der Waals surface area contributed by atoms with Crippen LogP contribution in [0.4, 0.5) is 0 Å². The van der Waals surface area contributed by atoms with Crippen LogP contribution in [0.2, 0.25) is 0 Å². The highest BCUT2D eigenvalue weighted by molar-refractivity contribution is 9.10. The first-order chi connectivity index (χ1) is 8.41. The summed E-state index contributed by atoms with van der Waals surface area (Å²) in [5, 5.41) is 0. The van der Waals surface area contributed by atoms with E-state index >= 15 is 0 Å². The smallest absolute Gasteiger partial charge is 0.255 e. The summed E-state index contributed by atoms with van der Waals surface area (Å²) in [6.07, 6.45) is 0. The number of hydrogen-bond donors (Lipinski definition) is 0. The second-order valence-electron chi connectivity index (χ2n) is 5.27. The van der Waals surface area contributed by atoms with Crippen LogP contribution in [-0.4, -0.2) is 36.1 Å². The van der Waals surface area contributed by atoms with E-state index in [1.807, 2.05) is 43.9 Å². The number of aryl methyl sites for hydroxylation is 1. The summed E-state index contributed by atoms with van der Waals surface area (Å²) in [6, 6.07) is 5.77. The number of rotatable bonds is 1. The third-order valence-corrected chi connectivity index (χ3v) is 4.19. The van der Waals surface area contributed by atoms with Gasteiger partial charge in [0.1, 0.15) is 0 Å². The second-order valence-corrected chi connectivity index (χ2v) is 6.06. The van der Waals surface area contributed by atoms with Crippen LogP contribution in [0.5, 0.6) is 0 Å². The van der Waals surface area contributed by atoms with E-state index in [0.717, 1.165) is 15.6 Å². The highest BCUT2D eigenvalue weighted by atomic mass is 79.9. The molecule has 0 bridgehead atoms. The van der Waals surface area contributed by atoms with E-state index in [0.29, 0.717) is 19.7 Å². The molecule has 4 heteroatoms. The minimum absolute atomic E-state index is 0.0713. The molecule has 1 aromatic rings. The molecule has 0 spiro atoms. The average molecular weight is 312 g/mol. The third-order valence-electron chi connectivity index (χ3n) is 3.14. The summed E-state index contributed by atoms with van der Waals surface area (Å²) in [7, 11) is 0. The fourth-order valence-electron chi connectivity index (χ4n) is 2.17. The number of amides is 1. The van der Waals surface area contributed by atoms with Crippen LogP contribution in [-0.2, 0) is 4.74 Å². The zero-order valence-corrected chi connectivity index (χ0v) is 12.6. The SMILES string of the molecule is Cc1cccc(C(=O)N2CCOC(C)(C)C2)c1Br. The van der Waals surface area contributed by atoms with Crippen molar-refractivity contribution in [2.24, 2.45) is 0 Å². The monoisotopic (exact) mass is 311 g/mol. The van der Waals surface area contributed by atoms with Gasteiger partial charge in [0.15, 0.2) is 0 Å². The molecule has 1 aliphatic rings. The van der Waals surface area contributed by atoms with Gasteiger partial charge >= 0.3 is 0 Å². The Morgan fingerprint density at radius 1 is 1.44 bits per heavy atom. The molecule has 0 N–H and O–H groups in total. The first kappa shape index (κ1) is 13.6. The van der Waals surface area contributed by atoms with Gasteiger partial charge in [0.25, 0.3) is 5.91 Å². The summed E-state index contributed by atoms with van der Waals surface area (Å²) in [4.78, 5) is 14.4. The summed E-state index contributed by atoms with van der Waals surface area (Å²) in [6.45, 7) is 7.90. The molecule has 1 fully saturated rings. The molecule has 1 amide bonds. The maximum absolute atomic E-state index is 12.5. The number of ether oxygens (including phenoxy) is 1. The van der Waals surface area contributed by atoms with Crippen molar-refractivity contribution in [1.29, 1.82) is 0 Å². The van der Waals surface area contributed by atoms with Gasteiger partial charge in [-0.25, -0.2) is 0 Å². The normalized spacial score (nSPS) is 18.8. The van der Waals surface area contributed by atoms with Gasteiger partial charge in [-0.05, 0) is 48.3 Å². The van der Waals surface area contributed by atoms with Gasteiger partial charge in [-0.3, -0.25) is 4.79 Å². The molecule has 0 radical (unpaired) electrons. The van der Waals surface area contributed by atoms with Gasteiger partial charge in [-0.15, -0.1) is 0 Å². The zero-order chi connectivity index (χ0) is 13.3. The molecule has 98 valence electrons. The molecule has 0 aromatic heterocycles. The van der Waals surface area contributed by atoms with E-state index in [2.05, 4.69) is 15.9 Å².